The molecule has 29 heavy (non-hydrogen) atoms. The Kier molecular flexibility index (Phi) is 6.26. The summed E-state index contributed by atoms with van der Waals surface area (Å²) in [5, 5.41) is 2.93. The summed E-state index contributed by atoms with van der Waals surface area (Å²) in [5.74, 6) is 3.70. The number of piperazine rings is 1. The van der Waals surface area contributed by atoms with Gasteiger partial charge in [-0.2, -0.15) is 0 Å². The Hall–Kier alpha value is -3.23. The molecule has 1 N–H and O–H groups in total. The van der Waals surface area contributed by atoms with Crippen LogP contribution in [0.2, 0.25) is 0 Å². The quantitative estimate of drug-likeness (QED) is 0.824. The van der Waals surface area contributed by atoms with E-state index in [9.17, 15) is 4.79 Å². The van der Waals surface area contributed by atoms with Crippen LogP contribution in [0.3, 0.4) is 0 Å². The number of benzene rings is 1. The molecule has 0 bridgehead atoms. The van der Waals surface area contributed by atoms with Gasteiger partial charge in [-0.15, -0.1) is 0 Å². The van der Waals surface area contributed by atoms with Crippen molar-refractivity contribution in [1.82, 2.24) is 14.9 Å². The number of rotatable bonds is 5. The van der Waals surface area contributed by atoms with Crippen LogP contribution in [0.15, 0.2) is 24.3 Å². The van der Waals surface area contributed by atoms with Crippen LogP contribution in [0, 0.1) is 6.92 Å². The highest BCUT2D eigenvalue weighted by atomic mass is 16.5. The highest BCUT2D eigenvalue weighted by Crippen LogP contribution is 2.30. The van der Waals surface area contributed by atoms with Gasteiger partial charge in [0.15, 0.2) is 11.5 Å². The van der Waals surface area contributed by atoms with E-state index in [2.05, 4.69) is 20.2 Å². The minimum Gasteiger partial charge on any atom is -0.493 e. The number of methoxy groups -OCH3 is 2. The summed E-state index contributed by atoms with van der Waals surface area (Å²) in [7, 11) is 7.07. The fourth-order valence-corrected chi connectivity index (χ4v) is 3.18. The lowest BCUT2D eigenvalue weighted by Gasteiger charge is -2.35. The lowest BCUT2D eigenvalue weighted by Crippen LogP contribution is -2.50. The van der Waals surface area contributed by atoms with Gasteiger partial charge < -0.3 is 29.5 Å². The molecule has 0 atom stereocenters. The van der Waals surface area contributed by atoms with Crippen LogP contribution < -0.4 is 24.6 Å². The number of amides is 2. The van der Waals surface area contributed by atoms with Crippen LogP contribution in [-0.4, -0.2) is 75.4 Å². The van der Waals surface area contributed by atoms with Crippen LogP contribution in [0.25, 0.3) is 0 Å². The second-order valence-corrected chi connectivity index (χ2v) is 7.00. The lowest BCUT2D eigenvalue weighted by molar-refractivity contribution is 0.208. The molecule has 1 aliphatic rings. The predicted molar refractivity (Wildman–Crippen MR) is 113 cm³/mol. The van der Waals surface area contributed by atoms with Gasteiger partial charge in [0.2, 0.25) is 0 Å². The maximum atomic E-state index is 12.7. The molecule has 0 saturated carbocycles. The molecule has 1 saturated heterocycles. The van der Waals surface area contributed by atoms with E-state index in [1.54, 1.807) is 37.3 Å². The second-order valence-electron chi connectivity index (χ2n) is 7.00. The zero-order valence-electron chi connectivity index (χ0n) is 17.6. The number of carbonyl (C=O) groups is 1. The summed E-state index contributed by atoms with van der Waals surface area (Å²) in [6.45, 7) is 4.54. The first kappa shape index (κ1) is 20.5. The van der Waals surface area contributed by atoms with Gasteiger partial charge >= 0.3 is 6.03 Å². The Morgan fingerprint density at radius 2 is 1.72 bits per heavy atom. The Labute approximate surface area is 171 Å². The number of hydrogen-bond acceptors (Lipinski definition) is 7. The average Bonchev–Trinajstić information content (AvgIpc) is 2.73. The number of anilines is 3. The molecular formula is C20H28N6O3. The molecule has 0 radical (unpaired) electrons. The Morgan fingerprint density at radius 1 is 1.03 bits per heavy atom. The van der Waals surface area contributed by atoms with Crippen molar-refractivity contribution in [3.8, 4) is 11.5 Å². The molecule has 2 amide bonds. The Bertz CT molecular complexity index is 865. The van der Waals surface area contributed by atoms with Gasteiger partial charge in [0.1, 0.15) is 17.5 Å². The average molecular weight is 400 g/mol. The van der Waals surface area contributed by atoms with E-state index in [1.807, 2.05) is 32.0 Å². The van der Waals surface area contributed by atoms with Crippen molar-refractivity contribution >= 4 is 23.4 Å². The second kappa shape index (κ2) is 8.85. The van der Waals surface area contributed by atoms with Crippen LogP contribution >= 0.6 is 0 Å². The summed E-state index contributed by atoms with van der Waals surface area (Å²) < 4.78 is 10.5. The number of hydrogen-bond donors (Lipinski definition) is 1. The van der Waals surface area contributed by atoms with Crippen molar-refractivity contribution in [2.24, 2.45) is 0 Å². The maximum absolute atomic E-state index is 12.7. The normalized spacial score (nSPS) is 13.8. The van der Waals surface area contributed by atoms with Crippen molar-refractivity contribution in [3.05, 3.63) is 30.1 Å². The van der Waals surface area contributed by atoms with Gasteiger partial charge in [-0.3, -0.25) is 0 Å². The molecule has 1 fully saturated rings. The SMILES string of the molecule is COc1ccc(NC(=O)N2CCN(c3cc(N(C)C)nc(C)n3)CC2)cc1OC. The summed E-state index contributed by atoms with van der Waals surface area (Å²) in [6, 6.07) is 7.16. The van der Waals surface area contributed by atoms with Crippen molar-refractivity contribution in [2.45, 2.75) is 6.92 Å². The molecule has 1 aliphatic heterocycles. The molecule has 9 heteroatoms. The standard InChI is InChI=1S/C20H28N6O3/c1-14-21-18(24(2)3)13-19(22-14)25-8-10-26(11-9-25)20(27)23-15-6-7-16(28-4)17(12-15)29-5/h6-7,12-13H,8-11H2,1-5H3,(H,23,27). The number of aryl methyl sites for hydroxylation is 1. The minimum atomic E-state index is -0.135. The topological polar surface area (TPSA) is 83.1 Å². The molecule has 1 aromatic carbocycles. The molecule has 2 aromatic rings. The van der Waals surface area contributed by atoms with Gasteiger partial charge in [-0.25, -0.2) is 14.8 Å². The van der Waals surface area contributed by atoms with E-state index in [0.717, 1.165) is 17.5 Å². The maximum Gasteiger partial charge on any atom is 0.321 e. The van der Waals surface area contributed by atoms with E-state index in [4.69, 9.17) is 9.47 Å². The molecule has 3 rings (SSSR count). The van der Waals surface area contributed by atoms with Crippen LogP contribution in [0.5, 0.6) is 11.5 Å². The molecule has 0 unspecified atom stereocenters. The first-order valence-corrected chi connectivity index (χ1v) is 9.47. The zero-order chi connectivity index (χ0) is 21.0. The predicted octanol–water partition coefficient (Wildman–Crippen LogP) is 2.22. The molecule has 156 valence electrons. The first-order valence-electron chi connectivity index (χ1n) is 9.47. The van der Waals surface area contributed by atoms with E-state index >= 15 is 0 Å². The molecule has 0 aliphatic carbocycles. The molecular weight excluding hydrogens is 372 g/mol. The number of ether oxygens (including phenoxy) is 2. The van der Waals surface area contributed by atoms with Crippen molar-refractivity contribution in [3.63, 3.8) is 0 Å². The number of nitrogens with one attached hydrogen (secondary N) is 1. The highest BCUT2D eigenvalue weighted by Gasteiger charge is 2.23. The largest absolute Gasteiger partial charge is 0.493 e. The first-order chi connectivity index (χ1) is 13.9. The van der Waals surface area contributed by atoms with Crippen LogP contribution in [-0.2, 0) is 0 Å². The van der Waals surface area contributed by atoms with Crippen molar-refractivity contribution in [2.75, 3.05) is 69.6 Å². The van der Waals surface area contributed by atoms with Gasteiger partial charge in [0, 0.05) is 58.1 Å². The molecule has 9 nitrogen and oxygen atoms in total. The van der Waals surface area contributed by atoms with Crippen LogP contribution in [0.4, 0.5) is 22.1 Å². The number of aromatic nitrogens is 2. The number of carbonyl (C=O) groups excluding carboxylic acids is 1. The van der Waals surface area contributed by atoms with Crippen molar-refractivity contribution < 1.29 is 14.3 Å². The fraction of sp³-hybridized carbons (Fsp3) is 0.450. The lowest BCUT2D eigenvalue weighted by atomic mass is 10.2. The third kappa shape index (κ3) is 4.79. The Morgan fingerprint density at radius 3 is 2.34 bits per heavy atom. The van der Waals surface area contributed by atoms with Gasteiger partial charge in [0.05, 0.1) is 14.2 Å². The smallest absolute Gasteiger partial charge is 0.321 e. The van der Waals surface area contributed by atoms with Gasteiger partial charge in [-0.1, -0.05) is 0 Å². The summed E-state index contributed by atoms with van der Waals surface area (Å²) in [5.41, 5.74) is 0.664. The van der Waals surface area contributed by atoms with E-state index in [1.165, 1.54) is 0 Å². The van der Waals surface area contributed by atoms with Gasteiger partial charge in [-0.05, 0) is 19.1 Å². The summed E-state index contributed by atoms with van der Waals surface area (Å²) >= 11 is 0. The van der Waals surface area contributed by atoms with Crippen LogP contribution in [0.1, 0.15) is 5.82 Å². The minimum absolute atomic E-state index is 0.135. The molecule has 1 aromatic heterocycles. The van der Waals surface area contributed by atoms with Crippen molar-refractivity contribution in [1.29, 1.82) is 0 Å². The molecule has 2 heterocycles. The highest BCUT2D eigenvalue weighted by molar-refractivity contribution is 5.90. The number of urea groups is 1. The summed E-state index contributed by atoms with van der Waals surface area (Å²) in [6.07, 6.45) is 0. The summed E-state index contributed by atoms with van der Waals surface area (Å²) in [4.78, 5) is 27.6. The Balaban J connectivity index is 1.61. The number of nitrogens with zero attached hydrogens (tertiary/aromatic N) is 5. The third-order valence-corrected chi connectivity index (χ3v) is 4.79. The third-order valence-electron chi connectivity index (χ3n) is 4.79. The van der Waals surface area contributed by atoms with Gasteiger partial charge in [0.25, 0.3) is 0 Å². The monoisotopic (exact) mass is 400 g/mol. The van der Waals surface area contributed by atoms with E-state index < -0.39 is 0 Å². The molecule has 0 spiro atoms. The van der Waals surface area contributed by atoms with E-state index in [0.29, 0.717) is 43.4 Å². The zero-order valence-corrected chi connectivity index (χ0v) is 17.6. The van der Waals surface area contributed by atoms with E-state index in [-0.39, 0.29) is 6.03 Å². The fourth-order valence-electron chi connectivity index (χ4n) is 3.18.